The smallest absolute Gasteiger partial charge is 0.326 e. The molecule has 0 bridgehead atoms. The number of carbonyl (C=O) groups excluding carboxylic acids is 4. The maximum Gasteiger partial charge on any atom is 0.326 e. The molecule has 11 heteroatoms. The Bertz CT molecular complexity index is 940. The summed E-state index contributed by atoms with van der Waals surface area (Å²) in [5.74, 6) is -3.60. The van der Waals surface area contributed by atoms with Gasteiger partial charge >= 0.3 is 5.97 Å². The fraction of sp³-hybridized carbons (Fsp3) is 0.560. The van der Waals surface area contributed by atoms with Crippen molar-refractivity contribution in [1.82, 2.24) is 15.5 Å². The van der Waals surface area contributed by atoms with Gasteiger partial charge in [0.25, 0.3) is 0 Å². The SMILES string of the molecule is CCC(C)C(NC(=O)C(Cc1ccccc1)NC(=O)C(N)CCC(N)=O)C(=O)N1CCCC1C(=O)O. The van der Waals surface area contributed by atoms with Crippen LogP contribution in [0, 0.1) is 5.92 Å². The number of likely N-dealkylation sites (tertiary alicyclic amines) is 1. The zero-order chi connectivity index (χ0) is 26.8. The highest BCUT2D eigenvalue weighted by Gasteiger charge is 2.40. The fourth-order valence-electron chi connectivity index (χ4n) is 4.17. The van der Waals surface area contributed by atoms with E-state index in [0.29, 0.717) is 25.8 Å². The summed E-state index contributed by atoms with van der Waals surface area (Å²) < 4.78 is 0. The molecular formula is C25H37N5O6. The Morgan fingerprint density at radius 1 is 1.11 bits per heavy atom. The Hall–Kier alpha value is -3.47. The topological polar surface area (TPSA) is 185 Å². The third-order valence-corrected chi connectivity index (χ3v) is 6.55. The highest BCUT2D eigenvalue weighted by Crippen LogP contribution is 2.21. The fourth-order valence-corrected chi connectivity index (χ4v) is 4.17. The van der Waals surface area contributed by atoms with E-state index in [-0.39, 0.29) is 25.2 Å². The maximum absolute atomic E-state index is 13.4. The first-order chi connectivity index (χ1) is 17.0. The normalized spacial score (nSPS) is 18.5. The number of nitrogens with one attached hydrogen (secondary N) is 2. The van der Waals surface area contributed by atoms with Crippen LogP contribution in [0.25, 0.3) is 0 Å². The molecule has 2 rings (SSSR count). The third kappa shape index (κ3) is 8.04. The lowest BCUT2D eigenvalue weighted by atomic mass is 9.96. The molecule has 7 N–H and O–H groups in total. The third-order valence-electron chi connectivity index (χ3n) is 6.55. The van der Waals surface area contributed by atoms with Crippen LogP contribution in [0.1, 0.15) is 51.5 Å². The number of amides is 4. The summed E-state index contributed by atoms with van der Waals surface area (Å²) in [6.45, 7) is 3.98. The largest absolute Gasteiger partial charge is 0.480 e. The summed E-state index contributed by atoms with van der Waals surface area (Å²) in [4.78, 5) is 63.4. The number of carboxylic acid groups (broad SMARTS) is 1. The van der Waals surface area contributed by atoms with E-state index >= 15 is 0 Å². The van der Waals surface area contributed by atoms with Crippen molar-refractivity contribution < 1.29 is 29.1 Å². The van der Waals surface area contributed by atoms with Crippen molar-refractivity contribution in [3.8, 4) is 0 Å². The second kappa shape index (κ2) is 13.6. The molecule has 11 nitrogen and oxygen atoms in total. The van der Waals surface area contributed by atoms with Crippen molar-refractivity contribution in [2.24, 2.45) is 17.4 Å². The van der Waals surface area contributed by atoms with Gasteiger partial charge < -0.3 is 32.1 Å². The Balaban J connectivity index is 2.23. The van der Waals surface area contributed by atoms with Crippen molar-refractivity contribution in [2.75, 3.05) is 6.54 Å². The lowest BCUT2D eigenvalue weighted by molar-refractivity contribution is -0.150. The van der Waals surface area contributed by atoms with Gasteiger partial charge in [-0.15, -0.1) is 0 Å². The van der Waals surface area contributed by atoms with Gasteiger partial charge in [0.1, 0.15) is 18.1 Å². The number of carbonyl (C=O) groups is 5. The van der Waals surface area contributed by atoms with Crippen molar-refractivity contribution in [3.05, 3.63) is 35.9 Å². The average Bonchev–Trinajstić information content (AvgIpc) is 3.35. The van der Waals surface area contributed by atoms with Crippen LogP contribution in [0.5, 0.6) is 0 Å². The molecule has 1 fully saturated rings. The predicted octanol–water partition coefficient (Wildman–Crippen LogP) is -0.0868. The molecular weight excluding hydrogens is 466 g/mol. The standard InChI is InChI=1S/C25H37N5O6/c1-3-15(2)21(24(34)30-13-7-10-19(30)25(35)36)29-23(33)18(14-16-8-5-4-6-9-16)28-22(32)17(26)11-12-20(27)31/h4-6,8-9,15,17-19,21H,3,7,10-14,26H2,1-2H3,(H2,27,31)(H,28,32)(H,29,33)(H,35,36). The summed E-state index contributed by atoms with van der Waals surface area (Å²) in [5.41, 5.74) is 11.8. The van der Waals surface area contributed by atoms with Crippen molar-refractivity contribution in [2.45, 2.75) is 76.5 Å². The molecule has 0 saturated carbocycles. The van der Waals surface area contributed by atoms with Crippen molar-refractivity contribution in [1.29, 1.82) is 0 Å². The number of carboxylic acids is 1. The van der Waals surface area contributed by atoms with Crippen LogP contribution in [-0.4, -0.2) is 70.3 Å². The van der Waals surface area contributed by atoms with Gasteiger partial charge in [-0.05, 0) is 30.7 Å². The van der Waals surface area contributed by atoms with E-state index < -0.39 is 53.8 Å². The van der Waals surface area contributed by atoms with Gasteiger partial charge in [0, 0.05) is 19.4 Å². The molecule has 0 spiro atoms. The van der Waals surface area contributed by atoms with Crippen LogP contribution in [0.15, 0.2) is 30.3 Å². The summed E-state index contributed by atoms with van der Waals surface area (Å²) in [6, 6.07) is 5.06. The van der Waals surface area contributed by atoms with Crippen LogP contribution in [-0.2, 0) is 30.4 Å². The Kier molecular flexibility index (Phi) is 10.8. The van der Waals surface area contributed by atoms with Gasteiger partial charge in [0.2, 0.25) is 23.6 Å². The van der Waals surface area contributed by atoms with Gasteiger partial charge in [-0.1, -0.05) is 50.6 Å². The molecule has 0 aromatic heterocycles. The van der Waals surface area contributed by atoms with Gasteiger partial charge in [0.05, 0.1) is 6.04 Å². The van der Waals surface area contributed by atoms with E-state index in [9.17, 15) is 29.1 Å². The maximum atomic E-state index is 13.4. The first-order valence-corrected chi connectivity index (χ1v) is 12.3. The average molecular weight is 504 g/mol. The van der Waals surface area contributed by atoms with Gasteiger partial charge in [-0.2, -0.15) is 0 Å². The Labute approximate surface area is 211 Å². The highest BCUT2D eigenvalue weighted by molar-refractivity contribution is 5.94. The van der Waals surface area contributed by atoms with Crippen molar-refractivity contribution in [3.63, 3.8) is 0 Å². The monoisotopic (exact) mass is 503 g/mol. The molecule has 1 heterocycles. The molecule has 1 aliphatic heterocycles. The van der Waals surface area contributed by atoms with E-state index in [0.717, 1.165) is 5.56 Å². The van der Waals surface area contributed by atoms with Gasteiger partial charge in [0.15, 0.2) is 0 Å². The van der Waals surface area contributed by atoms with E-state index in [2.05, 4.69) is 10.6 Å². The van der Waals surface area contributed by atoms with Crippen molar-refractivity contribution >= 4 is 29.6 Å². The number of hydrogen-bond acceptors (Lipinski definition) is 6. The molecule has 198 valence electrons. The molecule has 1 aliphatic rings. The van der Waals surface area contributed by atoms with Crippen LogP contribution >= 0.6 is 0 Å². The number of primary amides is 1. The molecule has 5 unspecified atom stereocenters. The molecule has 0 aliphatic carbocycles. The van der Waals surface area contributed by atoms with Crippen LogP contribution in [0.4, 0.5) is 0 Å². The molecule has 36 heavy (non-hydrogen) atoms. The Morgan fingerprint density at radius 2 is 1.78 bits per heavy atom. The first-order valence-electron chi connectivity index (χ1n) is 12.3. The molecule has 0 radical (unpaired) electrons. The molecule has 5 atom stereocenters. The minimum absolute atomic E-state index is 0.0281. The number of benzene rings is 1. The minimum Gasteiger partial charge on any atom is -0.480 e. The summed E-state index contributed by atoms with van der Waals surface area (Å²) >= 11 is 0. The van der Waals surface area contributed by atoms with Gasteiger partial charge in [-0.3, -0.25) is 19.2 Å². The van der Waals surface area contributed by atoms with E-state index in [4.69, 9.17) is 11.5 Å². The molecule has 1 saturated heterocycles. The molecule has 4 amide bonds. The predicted molar refractivity (Wildman–Crippen MR) is 132 cm³/mol. The molecule has 1 aromatic carbocycles. The van der Waals surface area contributed by atoms with Crippen LogP contribution < -0.4 is 22.1 Å². The number of aliphatic carboxylic acids is 1. The van der Waals surface area contributed by atoms with Crippen LogP contribution in [0.2, 0.25) is 0 Å². The number of rotatable bonds is 13. The quantitative estimate of drug-likeness (QED) is 0.249. The lowest BCUT2D eigenvalue weighted by Gasteiger charge is -2.31. The summed E-state index contributed by atoms with van der Waals surface area (Å²) in [7, 11) is 0. The summed E-state index contributed by atoms with van der Waals surface area (Å²) in [6.07, 6.45) is 1.59. The van der Waals surface area contributed by atoms with Crippen LogP contribution in [0.3, 0.4) is 0 Å². The first kappa shape index (κ1) is 28.8. The Morgan fingerprint density at radius 3 is 2.36 bits per heavy atom. The highest BCUT2D eigenvalue weighted by atomic mass is 16.4. The van der Waals surface area contributed by atoms with Gasteiger partial charge in [-0.25, -0.2) is 4.79 Å². The van der Waals surface area contributed by atoms with E-state index in [1.807, 2.05) is 13.0 Å². The lowest BCUT2D eigenvalue weighted by Crippen LogP contribution is -2.59. The minimum atomic E-state index is -1.07. The zero-order valence-corrected chi connectivity index (χ0v) is 20.8. The summed E-state index contributed by atoms with van der Waals surface area (Å²) in [5, 5.41) is 14.9. The van der Waals surface area contributed by atoms with E-state index in [1.54, 1.807) is 31.2 Å². The number of nitrogens with zero attached hydrogens (tertiary/aromatic N) is 1. The second-order valence-electron chi connectivity index (χ2n) is 9.26. The van der Waals surface area contributed by atoms with E-state index in [1.165, 1.54) is 4.90 Å². The zero-order valence-electron chi connectivity index (χ0n) is 20.8. The number of hydrogen-bond donors (Lipinski definition) is 5. The number of nitrogens with two attached hydrogens (primary N) is 2. The molecule has 1 aromatic rings. The second-order valence-corrected chi connectivity index (χ2v) is 9.26.